The maximum absolute atomic E-state index is 12.3. The molecule has 0 unspecified atom stereocenters. The van der Waals surface area contributed by atoms with Crippen molar-refractivity contribution in [3.63, 3.8) is 0 Å². The van der Waals surface area contributed by atoms with Crippen molar-refractivity contribution < 1.29 is 9.59 Å². The summed E-state index contributed by atoms with van der Waals surface area (Å²) in [5.41, 5.74) is 2.53. The van der Waals surface area contributed by atoms with Crippen molar-refractivity contribution in [2.24, 2.45) is 0 Å². The standard InChI is InChI=1S/C21H24N6O3/c1-13-12-17(27(26-13)21-23-15(3)14(2)18(28)25-21)24-20(30)19(29)22-11-7-10-16-8-5-4-6-9-16/h4-6,8-9,12H,7,10-11H2,1-3H3,(H,22,29)(H,24,30)(H,23,25,28). The Morgan fingerprint density at radius 1 is 1.10 bits per heavy atom. The number of aromatic amines is 1. The quantitative estimate of drug-likeness (QED) is 0.422. The number of anilines is 1. The van der Waals surface area contributed by atoms with E-state index in [4.69, 9.17) is 0 Å². The van der Waals surface area contributed by atoms with Crippen molar-refractivity contribution in [2.45, 2.75) is 33.6 Å². The van der Waals surface area contributed by atoms with Crippen LogP contribution in [0.5, 0.6) is 0 Å². The fraction of sp³-hybridized carbons (Fsp3) is 0.286. The summed E-state index contributed by atoms with van der Waals surface area (Å²) in [5, 5.41) is 9.39. The minimum atomic E-state index is -0.818. The number of benzene rings is 1. The Labute approximate surface area is 173 Å². The molecule has 0 fully saturated rings. The van der Waals surface area contributed by atoms with E-state index >= 15 is 0 Å². The van der Waals surface area contributed by atoms with Crippen LogP contribution in [0.3, 0.4) is 0 Å². The van der Waals surface area contributed by atoms with E-state index < -0.39 is 11.8 Å². The van der Waals surface area contributed by atoms with Crippen molar-refractivity contribution in [2.75, 3.05) is 11.9 Å². The summed E-state index contributed by atoms with van der Waals surface area (Å²) in [6, 6.07) is 11.5. The Kier molecular flexibility index (Phi) is 6.41. The molecule has 2 amide bonds. The van der Waals surface area contributed by atoms with Gasteiger partial charge in [-0.1, -0.05) is 30.3 Å². The van der Waals surface area contributed by atoms with Gasteiger partial charge in [-0.2, -0.15) is 9.78 Å². The van der Waals surface area contributed by atoms with Crippen LogP contribution in [-0.4, -0.2) is 38.1 Å². The van der Waals surface area contributed by atoms with E-state index in [-0.39, 0.29) is 17.3 Å². The molecule has 0 aliphatic heterocycles. The fourth-order valence-corrected chi connectivity index (χ4v) is 2.87. The summed E-state index contributed by atoms with van der Waals surface area (Å²) in [6.07, 6.45) is 1.52. The van der Waals surface area contributed by atoms with Gasteiger partial charge < -0.3 is 10.6 Å². The van der Waals surface area contributed by atoms with Gasteiger partial charge in [-0.3, -0.25) is 19.4 Å². The number of aromatic nitrogens is 4. The molecule has 30 heavy (non-hydrogen) atoms. The SMILES string of the molecule is Cc1cc(NC(=O)C(=O)NCCCc2ccccc2)n(-c2nc(C)c(C)c(=O)[nH]2)n1. The first-order valence-electron chi connectivity index (χ1n) is 9.63. The number of hydrogen-bond donors (Lipinski definition) is 3. The van der Waals surface area contributed by atoms with Crippen LogP contribution in [0.4, 0.5) is 5.82 Å². The van der Waals surface area contributed by atoms with E-state index in [1.807, 2.05) is 30.3 Å². The molecule has 0 aliphatic carbocycles. The third-order valence-electron chi connectivity index (χ3n) is 4.63. The largest absolute Gasteiger partial charge is 0.348 e. The molecule has 9 nitrogen and oxygen atoms in total. The Morgan fingerprint density at radius 2 is 1.83 bits per heavy atom. The topological polar surface area (TPSA) is 122 Å². The number of H-pyrrole nitrogens is 1. The lowest BCUT2D eigenvalue weighted by molar-refractivity contribution is -0.136. The first kappa shape index (κ1) is 21.0. The normalized spacial score (nSPS) is 10.6. The van der Waals surface area contributed by atoms with Gasteiger partial charge in [-0.15, -0.1) is 0 Å². The van der Waals surface area contributed by atoms with Crippen molar-refractivity contribution in [1.29, 1.82) is 0 Å². The summed E-state index contributed by atoms with van der Waals surface area (Å²) in [6.45, 7) is 5.50. The molecule has 0 aliphatic rings. The smallest absolute Gasteiger partial charge is 0.314 e. The zero-order valence-electron chi connectivity index (χ0n) is 17.2. The number of carbonyl (C=O) groups is 2. The molecule has 3 rings (SSSR count). The summed E-state index contributed by atoms with van der Waals surface area (Å²) >= 11 is 0. The van der Waals surface area contributed by atoms with Crippen LogP contribution in [0.2, 0.25) is 0 Å². The van der Waals surface area contributed by atoms with Gasteiger partial charge >= 0.3 is 11.8 Å². The maximum atomic E-state index is 12.3. The Balaban J connectivity index is 1.63. The predicted molar refractivity (Wildman–Crippen MR) is 113 cm³/mol. The molecule has 9 heteroatoms. The molecule has 0 saturated heterocycles. The van der Waals surface area contributed by atoms with Gasteiger partial charge in [0.05, 0.1) is 5.69 Å². The minimum Gasteiger partial charge on any atom is -0.348 e. The molecule has 2 aromatic heterocycles. The summed E-state index contributed by atoms with van der Waals surface area (Å²) < 4.78 is 1.30. The molecule has 3 aromatic rings. The summed E-state index contributed by atoms with van der Waals surface area (Å²) in [7, 11) is 0. The second-order valence-electron chi connectivity index (χ2n) is 6.98. The molecule has 2 heterocycles. The Morgan fingerprint density at radius 3 is 2.53 bits per heavy atom. The monoisotopic (exact) mass is 408 g/mol. The highest BCUT2D eigenvalue weighted by Crippen LogP contribution is 2.14. The van der Waals surface area contributed by atoms with E-state index in [1.165, 1.54) is 10.2 Å². The van der Waals surface area contributed by atoms with E-state index in [9.17, 15) is 14.4 Å². The Hall–Kier alpha value is -3.75. The van der Waals surface area contributed by atoms with Gasteiger partial charge in [0.15, 0.2) is 0 Å². The van der Waals surface area contributed by atoms with Crippen LogP contribution in [0, 0.1) is 20.8 Å². The predicted octanol–water partition coefficient (Wildman–Crippen LogP) is 1.57. The van der Waals surface area contributed by atoms with Gasteiger partial charge in [-0.25, -0.2) is 4.98 Å². The highest BCUT2D eigenvalue weighted by atomic mass is 16.2. The third kappa shape index (κ3) is 4.99. The van der Waals surface area contributed by atoms with Crippen molar-refractivity contribution in [1.82, 2.24) is 25.1 Å². The number of carbonyl (C=O) groups excluding carboxylic acids is 2. The van der Waals surface area contributed by atoms with Crippen molar-refractivity contribution in [3.8, 4) is 5.95 Å². The number of nitrogens with zero attached hydrogens (tertiary/aromatic N) is 3. The molecule has 3 N–H and O–H groups in total. The van der Waals surface area contributed by atoms with Gasteiger partial charge in [-0.05, 0) is 39.2 Å². The summed E-state index contributed by atoms with van der Waals surface area (Å²) in [4.78, 5) is 43.4. The van der Waals surface area contributed by atoms with Crippen molar-refractivity contribution in [3.05, 3.63) is 69.3 Å². The maximum Gasteiger partial charge on any atom is 0.314 e. The van der Waals surface area contributed by atoms with E-state index in [1.54, 1.807) is 26.8 Å². The first-order valence-corrected chi connectivity index (χ1v) is 9.63. The first-order chi connectivity index (χ1) is 14.3. The summed E-state index contributed by atoms with van der Waals surface area (Å²) in [5.74, 6) is -1.16. The van der Waals surface area contributed by atoms with Gasteiger partial charge in [0.1, 0.15) is 5.82 Å². The lowest BCUT2D eigenvalue weighted by Crippen LogP contribution is -2.36. The zero-order valence-corrected chi connectivity index (χ0v) is 17.2. The third-order valence-corrected chi connectivity index (χ3v) is 4.63. The molecule has 1 aromatic carbocycles. The number of rotatable bonds is 6. The van der Waals surface area contributed by atoms with Crippen molar-refractivity contribution >= 4 is 17.6 Å². The molecule has 0 atom stereocenters. The lowest BCUT2D eigenvalue weighted by Gasteiger charge is -2.09. The highest BCUT2D eigenvalue weighted by molar-refractivity contribution is 6.39. The molecular weight excluding hydrogens is 384 g/mol. The zero-order chi connectivity index (χ0) is 21.7. The molecule has 156 valence electrons. The minimum absolute atomic E-state index is 0.162. The molecule has 0 radical (unpaired) electrons. The number of aryl methyl sites for hydroxylation is 3. The number of nitrogens with one attached hydrogen (secondary N) is 3. The average Bonchev–Trinajstić information content (AvgIpc) is 3.09. The van der Waals surface area contributed by atoms with Gasteiger partial charge in [0, 0.05) is 23.9 Å². The van der Waals surface area contributed by atoms with Gasteiger partial charge in [0.25, 0.3) is 5.56 Å². The van der Waals surface area contributed by atoms with Crippen LogP contribution in [0.25, 0.3) is 5.95 Å². The molecular formula is C21H24N6O3. The fourth-order valence-electron chi connectivity index (χ4n) is 2.87. The molecule has 0 bridgehead atoms. The van der Waals surface area contributed by atoms with Crippen LogP contribution < -0.4 is 16.2 Å². The van der Waals surface area contributed by atoms with Crippen LogP contribution in [0.1, 0.15) is 28.9 Å². The highest BCUT2D eigenvalue weighted by Gasteiger charge is 2.18. The number of amides is 2. The van der Waals surface area contributed by atoms with Crippen LogP contribution in [0.15, 0.2) is 41.2 Å². The average molecular weight is 408 g/mol. The van der Waals surface area contributed by atoms with Gasteiger partial charge in [0.2, 0.25) is 5.95 Å². The number of hydrogen-bond acceptors (Lipinski definition) is 5. The Bertz CT molecular complexity index is 1120. The second kappa shape index (κ2) is 9.17. The second-order valence-corrected chi connectivity index (χ2v) is 6.98. The van der Waals surface area contributed by atoms with Crippen LogP contribution in [-0.2, 0) is 16.0 Å². The van der Waals surface area contributed by atoms with E-state index in [0.29, 0.717) is 29.9 Å². The van der Waals surface area contributed by atoms with Crippen LogP contribution >= 0.6 is 0 Å². The lowest BCUT2D eigenvalue weighted by atomic mass is 10.1. The molecule has 0 saturated carbocycles. The van der Waals surface area contributed by atoms with E-state index in [2.05, 4.69) is 25.7 Å². The molecule has 0 spiro atoms. The van der Waals surface area contributed by atoms with E-state index in [0.717, 1.165) is 6.42 Å².